The number of fused-ring (bicyclic) bond motifs is 1. The Kier molecular flexibility index (Phi) is 3.10. The standard InChI is InChI=1S/C15H15ClN4/c1-9(2)20-14-11(16)4-3-5-13(14)19-15(20)10-6-7-18-8-12(10)17/h3-9H,17H2,1-2H3. The van der Waals surface area contributed by atoms with Crippen molar-refractivity contribution in [2.45, 2.75) is 19.9 Å². The fourth-order valence-electron chi connectivity index (χ4n) is 2.41. The zero-order valence-electron chi connectivity index (χ0n) is 11.3. The van der Waals surface area contributed by atoms with E-state index in [1.165, 1.54) is 0 Å². The number of hydrogen-bond donors (Lipinski definition) is 1. The highest BCUT2D eigenvalue weighted by Gasteiger charge is 2.18. The van der Waals surface area contributed by atoms with E-state index in [2.05, 4.69) is 23.4 Å². The van der Waals surface area contributed by atoms with Crippen LogP contribution in [0.2, 0.25) is 5.02 Å². The lowest BCUT2D eigenvalue weighted by Gasteiger charge is -2.14. The zero-order valence-corrected chi connectivity index (χ0v) is 12.1. The Labute approximate surface area is 122 Å². The van der Waals surface area contributed by atoms with Crippen LogP contribution in [0.1, 0.15) is 19.9 Å². The van der Waals surface area contributed by atoms with Gasteiger partial charge in [0.25, 0.3) is 0 Å². The van der Waals surface area contributed by atoms with Crippen LogP contribution in [0.5, 0.6) is 0 Å². The van der Waals surface area contributed by atoms with Gasteiger partial charge in [-0.1, -0.05) is 17.7 Å². The molecular formula is C15H15ClN4. The van der Waals surface area contributed by atoms with E-state index in [1.807, 2.05) is 24.3 Å². The highest BCUT2D eigenvalue weighted by molar-refractivity contribution is 6.35. The van der Waals surface area contributed by atoms with Crippen molar-refractivity contribution in [2.75, 3.05) is 5.73 Å². The van der Waals surface area contributed by atoms with Crippen LogP contribution >= 0.6 is 11.6 Å². The van der Waals surface area contributed by atoms with Crippen molar-refractivity contribution in [3.63, 3.8) is 0 Å². The number of para-hydroxylation sites is 1. The molecule has 0 atom stereocenters. The molecule has 5 heteroatoms. The number of imidazole rings is 1. The number of pyridine rings is 1. The molecule has 0 unspecified atom stereocenters. The molecule has 2 heterocycles. The summed E-state index contributed by atoms with van der Waals surface area (Å²) in [7, 11) is 0. The molecule has 3 aromatic rings. The van der Waals surface area contributed by atoms with E-state index in [9.17, 15) is 0 Å². The molecule has 2 aromatic heterocycles. The highest BCUT2D eigenvalue weighted by Crippen LogP contribution is 2.34. The van der Waals surface area contributed by atoms with Crippen LogP contribution in [0, 0.1) is 0 Å². The third-order valence-corrected chi connectivity index (χ3v) is 3.58. The molecule has 20 heavy (non-hydrogen) atoms. The van der Waals surface area contributed by atoms with E-state index in [1.54, 1.807) is 12.4 Å². The van der Waals surface area contributed by atoms with Gasteiger partial charge in [-0.05, 0) is 32.0 Å². The summed E-state index contributed by atoms with van der Waals surface area (Å²) in [4.78, 5) is 8.72. The maximum absolute atomic E-state index is 6.34. The number of nitrogen functional groups attached to an aromatic ring is 1. The minimum Gasteiger partial charge on any atom is -0.397 e. The van der Waals surface area contributed by atoms with Gasteiger partial charge in [-0.15, -0.1) is 0 Å². The molecule has 3 rings (SSSR count). The van der Waals surface area contributed by atoms with Crippen LogP contribution in [0.3, 0.4) is 0 Å². The molecule has 0 fully saturated rings. The molecule has 0 aliphatic heterocycles. The minimum atomic E-state index is 0.225. The second kappa shape index (κ2) is 4.80. The van der Waals surface area contributed by atoms with Crippen LogP contribution in [-0.4, -0.2) is 14.5 Å². The summed E-state index contributed by atoms with van der Waals surface area (Å²) in [6.07, 6.45) is 3.36. The number of benzene rings is 1. The molecule has 0 radical (unpaired) electrons. The van der Waals surface area contributed by atoms with Gasteiger partial charge in [0.1, 0.15) is 5.82 Å². The van der Waals surface area contributed by atoms with E-state index >= 15 is 0 Å². The second-order valence-corrected chi connectivity index (χ2v) is 5.38. The van der Waals surface area contributed by atoms with Crippen molar-refractivity contribution in [3.05, 3.63) is 41.7 Å². The number of nitrogens with two attached hydrogens (primary N) is 1. The van der Waals surface area contributed by atoms with E-state index in [4.69, 9.17) is 22.3 Å². The van der Waals surface area contributed by atoms with Gasteiger partial charge in [0.05, 0.1) is 27.9 Å². The number of anilines is 1. The molecule has 4 nitrogen and oxygen atoms in total. The Bertz CT molecular complexity index is 777. The zero-order chi connectivity index (χ0) is 14.3. The van der Waals surface area contributed by atoms with Gasteiger partial charge < -0.3 is 10.3 Å². The average Bonchev–Trinajstić information content (AvgIpc) is 2.80. The Morgan fingerprint density at radius 2 is 2.05 bits per heavy atom. The third kappa shape index (κ3) is 1.93. The molecule has 0 bridgehead atoms. The van der Waals surface area contributed by atoms with Crippen molar-refractivity contribution in [1.29, 1.82) is 0 Å². The van der Waals surface area contributed by atoms with Crippen LogP contribution in [-0.2, 0) is 0 Å². The van der Waals surface area contributed by atoms with Gasteiger partial charge in [0.2, 0.25) is 0 Å². The fraction of sp³-hybridized carbons (Fsp3) is 0.200. The molecule has 0 spiro atoms. The van der Waals surface area contributed by atoms with E-state index in [0.29, 0.717) is 10.7 Å². The predicted molar refractivity (Wildman–Crippen MR) is 82.8 cm³/mol. The maximum Gasteiger partial charge on any atom is 0.143 e. The van der Waals surface area contributed by atoms with Crippen molar-refractivity contribution in [2.24, 2.45) is 0 Å². The maximum atomic E-state index is 6.34. The lowest BCUT2D eigenvalue weighted by Crippen LogP contribution is -2.05. The topological polar surface area (TPSA) is 56.7 Å². The summed E-state index contributed by atoms with van der Waals surface area (Å²) in [5.74, 6) is 0.822. The Hall–Kier alpha value is -2.07. The first-order chi connectivity index (χ1) is 9.59. The molecule has 0 saturated carbocycles. The number of rotatable bonds is 2. The average molecular weight is 287 g/mol. The number of hydrogen-bond acceptors (Lipinski definition) is 3. The van der Waals surface area contributed by atoms with Crippen molar-refractivity contribution in [3.8, 4) is 11.4 Å². The van der Waals surface area contributed by atoms with Crippen LogP contribution in [0.25, 0.3) is 22.4 Å². The molecule has 2 N–H and O–H groups in total. The Morgan fingerprint density at radius 1 is 1.25 bits per heavy atom. The summed E-state index contributed by atoms with van der Waals surface area (Å²) in [6, 6.07) is 7.85. The third-order valence-electron chi connectivity index (χ3n) is 3.27. The largest absolute Gasteiger partial charge is 0.397 e. The molecule has 0 aliphatic carbocycles. The molecule has 0 amide bonds. The van der Waals surface area contributed by atoms with Crippen LogP contribution in [0.15, 0.2) is 36.7 Å². The number of nitrogens with zero attached hydrogens (tertiary/aromatic N) is 3. The van der Waals surface area contributed by atoms with Crippen molar-refractivity contribution < 1.29 is 0 Å². The first kappa shape index (κ1) is 12.9. The summed E-state index contributed by atoms with van der Waals surface area (Å²) in [6.45, 7) is 4.21. The molecule has 1 aromatic carbocycles. The quantitative estimate of drug-likeness (QED) is 0.777. The normalized spacial score (nSPS) is 11.4. The monoisotopic (exact) mass is 286 g/mol. The van der Waals surface area contributed by atoms with Gasteiger partial charge >= 0.3 is 0 Å². The lowest BCUT2D eigenvalue weighted by atomic mass is 10.2. The molecule has 0 aliphatic rings. The molecular weight excluding hydrogens is 272 g/mol. The van der Waals surface area contributed by atoms with Gasteiger partial charge in [-0.3, -0.25) is 4.98 Å². The minimum absolute atomic E-state index is 0.225. The number of aromatic nitrogens is 3. The first-order valence-corrected chi connectivity index (χ1v) is 6.83. The fourth-order valence-corrected chi connectivity index (χ4v) is 2.67. The SMILES string of the molecule is CC(C)n1c(-c2ccncc2N)nc2cccc(Cl)c21. The summed E-state index contributed by atoms with van der Waals surface area (Å²) in [5.41, 5.74) is 9.33. The Balaban J connectivity index is 2.40. The van der Waals surface area contributed by atoms with Crippen LogP contribution in [0.4, 0.5) is 5.69 Å². The summed E-state index contributed by atoms with van der Waals surface area (Å²) < 4.78 is 2.11. The van der Waals surface area contributed by atoms with Gasteiger partial charge in [-0.2, -0.15) is 0 Å². The van der Waals surface area contributed by atoms with Gasteiger partial charge in [0, 0.05) is 17.8 Å². The van der Waals surface area contributed by atoms with Crippen molar-refractivity contribution >= 4 is 28.3 Å². The Morgan fingerprint density at radius 3 is 2.75 bits per heavy atom. The highest BCUT2D eigenvalue weighted by atomic mass is 35.5. The summed E-state index contributed by atoms with van der Waals surface area (Å²) >= 11 is 6.34. The smallest absolute Gasteiger partial charge is 0.143 e. The summed E-state index contributed by atoms with van der Waals surface area (Å²) in [5, 5.41) is 0.697. The molecule has 102 valence electrons. The van der Waals surface area contributed by atoms with E-state index in [0.717, 1.165) is 22.4 Å². The predicted octanol–water partition coefficient (Wildman–Crippen LogP) is 3.91. The lowest BCUT2D eigenvalue weighted by molar-refractivity contribution is 0.624. The van der Waals surface area contributed by atoms with E-state index < -0.39 is 0 Å². The van der Waals surface area contributed by atoms with E-state index in [-0.39, 0.29) is 6.04 Å². The van der Waals surface area contributed by atoms with Gasteiger partial charge in [-0.25, -0.2) is 4.98 Å². The number of halogens is 1. The first-order valence-electron chi connectivity index (χ1n) is 6.46. The van der Waals surface area contributed by atoms with Crippen LogP contribution < -0.4 is 5.73 Å². The van der Waals surface area contributed by atoms with Gasteiger partial charge in [0.15, 0.2) is 0 Å². The second-order valence-electron chi connectivity index (χ2n) is 4.97. The molecule has 0 saturated heterocycles. The van der Waals surface area contributed by atoms with Crippen molar-refractivity contribution in [1.82, 2.24) is 14.5 Å².